The van der Waals surface area contributed by atoms with Crippen molar-refractivity contribution in [1.29, 1.82) is 0 Å². The van der Waals surface area contributed by atoms with Gasteiger partial charge in [0.25, 0.3) is 5.88 Å². The normalized spacial score (nSPS) is 17.8. The molecule has 6 nitrogen and oxygen atoms in total. The molecule has 1 aliphatic rings. The topological polar surface area (TPSA) is 78.6 Å². The first-order valence-electron chi connectivity index (χ1n) is 6.26. The third-order valence-corrected chi connectivity index (χ3v) is 3.23. The first-order valence-corrected chi connectivity index (χ1v) is 6.26. The number of likely N-dealkylation sites (tertiary alicyclic amines) is 1. The van der Waals surface area contributed by atoms with E-state index in [0.717, 1.165) is 25.9 Å². The predicted molar refractivity (Wildman–Crippen MR) is 65.2 cm³/mol. The Bertz CT molecular complexity index is 397. The maximum absolute atomic E-state index is 11.7. The Morgan fingerprint density at radius 2 is 2.33 bits per heavy atom. The molecule has 2 heterocycles. The van der Waals surface area contributed by atoms with E-state index in [1.807, 2.05) is 0 Å². The van der Waals surface area contributed by atoms with Crippen LogP contribution in [0.2, 0.25) is 0 Å². The molecule has 100 valence electrons. The van der Waals surface area contributed by atoms with Crippen molar-refractivity contribution in [3.8, 4) is 5.88 Å². The second kappa shape index (κ2) is 5.86. The number of amides is 1. The van der Waals surface area contributed by atoms with Crippen molar-refractivity contribution in [3.05, 3.63) is 11.8 Å². The lowest BCUT2D eigenvalue weighted by Gasteiger charge is -2.29. The van der Waals surface area contributed by atoms with Gasteiger partial charge in [0.1, 0.15) is 5.76 Å². The molecule has 0 spiro atoms. The van der Waals surface area contributed by atoms with Gasteiger partial charge in [-0.1, -0.05) is 0 Å². The van der Waals surface area contributed by atoms with Crippen LogP contribution in [0.4, 0.5) is 0 Å². The van der Waals surface area contributed by atoms with Crippen molar-refractivity contribution in [1.82, 2.24) is 15.4 Å². The van der Waals surface area contributed by atoms with Crippen molar-refractivity contribution in [3.63, 3.8) is 0 Å². The molecule has 0 atom stereocenters. The van der Waals surface area contributed by atoms with Gasteiger partial charge in [0.05, 0.1) is 0 Å². The lowest BCUT2D eigenvalue weighted by atomic mass is 10.1. The van der Waals surface area contributed by atoms with Crippen LogP contribution < -0.4 is 5.32 Å². The quantitative estimate of drug-likeness (QED) is 0.818. The van der Waals surface area contributed by atoms with Crippen LogP contribution in [-0.2, 0) is 11.2 Å². The summed E-state index contributed by atoms with van der Waals surface area (Å²) in [4.78, 5) is 14.0. The summed E-state index contributed by atoms with van der Waals surface area (Å²) in [7, 11) is 2.09. The molecule has 1 fully saturated rings. The minimum Gasteiger partial charge on any atom is -0.491 e. The van der Waals surface area contributed by atoms with E-state index >= 15 is 0 Å². The summed E-state index contributed by atoms with van der Waals surface area (Å²) in [5.41, 5.74) is 0. The number of aromatic hydroxyl groups is 1. The third-order valence-electron chi connectivity index (χ3n) is 3.23. The summed E-state index contributed by atoms with van der Waals surface area (Å²) in [5.74, 6) is 0.423. The lowest BCUT2D eigenvalue weighted by Crippen LogP contribution is -2.43. The van der Waals surface area contributed by atoms with Gasteiger partial charge < -0.3 is 19.8 Å². The van der Waals surface area contributed by atoms with Crippen LogP contribution in [0.25, 0.3) is 0 Å². The van der Waals surface area contributed by atoms with Crippen LogP contribution in [-0.4, -0.2) is 47.2 Å². The Hall–Kier alpha value is -1.56. The summed E-state index contributed by atoms with van der Waals surface area (Å²) in [6, 6.07) is 1.72. The molecule has 2 N–H and O–H groups in total. The molecule has 1 aliphatic heterocycles. The Morgan fingerprint density at radius 1 is 1.61 bits per heavy atom. The van der Waals surface area contributed by atoms with E-state index in [2.05, 4.69) is 22.4 Å². The zero-order valence-corrected chi connectivity index (χ0v) is 10.6. The first-order chi connectivity index (χ1) is 8.63. The predicted octanol–water partition coefficient (Wildman–Crippen LogP) is 0.523. The summed E-state index contributed by atoms with van der Waals surface area (Å²) in [5, 5.41) is 15.4. The van der Waals surface area contributed by atoms with E-state index in [0.29, 0.717) is 18.6 Å². The van der Waals surface area contributed by atoms with Gasteiger partial charge in [0.2, 0.25) is 5.91 Å². The van der Waals surface area contributed by atoms with Crippen molar-refractivity contribution in [2.45, 2.75) is 31.7 Å². The van der Waals surface area contributed by atoms with E-state index in [-0.39, 0.29) is 17.8 Å². The fraction of sp³-hybridized carbons (Fsp3) is 0.667. The highest BCUT2D eigenvalue weighted by molar-refractivity contribution is 5.76. The molecule has 18 heavy (non-hydrogen) atoms. The molecule has 0 aliphatic carbocycles. The second-order valence-electron chi connectivity index (χ2n) is 4.80. The molecule has 1 saturated heterocycles. The fourth-order valence-corrected chi connectivity index (χ4v) is 2.11. The van der Waals surface area contributed by atoms with Gasteiger partial charge in [-0.15, -0.1) is 0 Å². The molecule has 0 saturated carbocycles. The van der Waals surface area contributed by atoms with Crippen LogP contribution in [0.15, 0.2) is 10.6 Å². The van der Waals surface area contributed by atoms with Crippen LogP contribution in [0, 0.1) is 0 Å². The highest BCUT2D eigenvalue weighted by atomic mass is 16.5. The minimum absolute atomic E-state index is 0.0282. The molecule has 2 rings (SSSR count). The zero-order chi connectivity index (χ0) is 13.0. The van der Waals surface area contributed by atoms with Gasteiger partial charge in [-0.05, 0) is 38.1 Å². The van der Waals surface area contributed by atoms with E-state index in [1.54, 1.807) is 0 Å². The van der Waals surface area contributed by atoms with Gasteiger partial charge in [-0.2, -0.15) is 0 Å². The van der Waals surface area contributed by atoms with E-state index in [9.17, 15) is 4.79 Å². The van der Waals surface area contributed by atoms with Gasteiger partial charge in [0, 0.05) is 24.9 Å². The van der Waals surface area contributed by atoms with Crippen LogP contribution in [0.3, 0.4) is 0 Å². The minimum atomic E-state index is -0.138. The maximum atomic E-state index is 11.7. The molecule has 1 aromatic rings. The molecule has 1 amide bonds. The van der Waals surface area contributed by atoms with Gasteiger partial charge >= 0.3 is 0 Å². The van der Waals surface area contributed by atoms with Gasteiger partial charge in [0.15, 0.2) is 0 Å². The van der Waals surface area contributed by atoms with Crippen LogP contribution in [0.5, 0.6) is 5.88 Å². The van der Waals surface area contributed by atoms with Gasteiger partial charge in [-0.3, -0.25) is 4.79 Å². The number of carbonyl (C=O) groups excluding carboxylic acids is 1. The van der Waals surface area contributed by atoms with E-state index in [1.165, 1.54) is 6.07 Å². The number of carbonyl (C=O) groups is 1. The van der Waals surface area contributed by atoms with E-state index in [4.69, 9.17) is 9.63 Å². The molecule has 0 bridgehead atoms. The summed E-state index contributed by atoms with van der Waals surface area (Å²) in [6.07, 6.45) is 2.84. The molecular weight excluding hydrogens is 234 g/mol. The highest BCUT2D eigenvalue weighted by Crippen LogP contribution is 2.12. The molecular formula is C12H19N3O3. The summed E-state index contributed by atoms with van der Waals surface area (Å²) < 4.78 is 4.83. The van der Waals surface area contributed by atoms with Gasteiger partial charge in [-0.25, -0.2) is 0 Å². The molecule has 0 radical (unpaired) electrons. The SMILES string of the molecule is CN1CCC(NC(=O)CCc2cc(O)no2)CC1. The highest BCUT2D eigenvalue weighted by Gasteiger charge is 2.18. The van der Waals surface area contributed by atoms with Crippen LogP contribution in [0.1, 0.15) is 25.0 Å². The zero-order valence-electron chi connectivity index (χ0n) is 10.6. The number of nitrogens with zero attached hydrogens (tertiary/aromatic N) is 2. The number of hydrogen-bond acceptors (Lipinski definition) is 5. The standard InChI is InChI=1S/C12H19N3O3/c1-15-6-4-9(5-7-15)13-11(16)3-2-10-8-12(17)14-18-10/h8-9H,2-7H2,1H3,(H,13,16)(H,14,17). The number of piperidine rings is 1. The van der Waals surface area contributed by atoms with Crippen molar-refractivity contribution in [2.24, 2.45) is 0 Å². The number of rotatable bonds is 4. The molecule has 6 heteroatoms. The number of aromatic nitrogens is 1. The van der Waals surface area contributed by atoms with Crippen LogP contribution >= 0.6 is 0 Å². The first kappa shape index (κ1) is 12.9. The average molecular weight is 253 g/mol. The van der Waals surface area contributed by atoms with Crippen molar-refractivity contribution < 1.29 is 14.4 Å². The van der Waals surface area contributed by atoms with Crippen molar-refractivity contribution >= 4 is 5.91 Å². The van der Waals surface area contributed by atoms with Crippen molar-refractivity contribution in [2.75, 3.05) is 20.1 Å². The summed E-state index contributed by atoms with van der Waals surface area (Å²) in [6.45, 7) is 2.06. The Morgan fingerprint density at radius 3 is 2.94 bits per heavy atom. The number of hydrogen-bond donors (Lipinski definition) is 2. The molecule has 0 unspecified atom stereocenters. The Labute approximate surface area is 106 Å². The lowest BCUT2D eigenvalue weighted by molar-refractivity contribution is -0.122. The second-order valence-corrected chi connectivity index (χ2v) is 4.80. The average Bonchev–Trinajstić information content (AvgIpc) is 2.76. The number of nitrogens with one attached hydrogen (secondary N) is 1. The summed E-state index contributed by atoms with van der Waals surface area (Å²) >= 11 is 0. The molecule has 0 aromatic carbocycles. The smallest absolute Gasteiger partial charge is 0.251 e. The maximum Gasteiger partial charge on any atom is 0.251 e. The Kier molecular flexibility index (Phi) is 4.19. The third kappa shape index (κ3) is 3.73. The molecule has 1 aromatic heterocycles. The number of aryl methyl sites for hydroxylation is 1. The monoisotopic (exact) mass is 253 g/mol. The largest absolute Gasteiger partial charge is 0.491 e. The van der Waals surface area contributed by atoms with E-state index < -0.39 is 0 Å². The Balaban J connectivity index is 1.69. The fourth-order valence-electron chi connectivity index (χ4n) is 2.11.